The van der Waals surface area contributed by atoms with Gasteiger partial charge >= 0.3 is 5.97 Å². The molecule has 0 aliphatic carbocycles. The number of aliphatic hydroxyl groups excluding tert-OH is 1. The van der Waals surface area contributed by atoms with Crippen LogP contribution in [-0.4, -0.2) is 43.9 Å². The number of methoxy groups -OCH3 is 2. The third-order valence-electron chi connectivity index (χ3n) is 3.94. The average Bonchev–Trinajstić information content (AvgIpc) is 2.71. The molecule has 27 heavy (non-hydrogen) atoms. The summed E-state index contributed by atoms with van der Waals surface area (Å²) in [7, 11) is 2.72. The molecule has 0 fully saturated rings. The first kappa shape index (κ1) is 20.3. The fourth-order valence-corrected chi connectivity index (χ4v) is 2.48. The van der Waals surface area contributed by atoms with Gasteiger partial charge in [-0.05, 0) is 48.9 Å². The lowest BCUT2D eigenvalue weighted by molar-refractivity contribution is -0.146. The van der Waals surface area contributed by atoms with E-state index < -0.39 is 24.0 Å². The molecule has 2 atom stereocenters. The first-order valence-electron chi connectivity index (χ1n) is 8.43. The number of aliphatic hydroxyl groups is 1. The molecule has 0 aliphatic rings. The summed E-state index contributed by atoms with van der Waals surface area (Å²) in [6.45, 7) is 2.38. The van der Waals surface area contributed by atoms with Crippen molar-refractivity contribution in [1.82, 2.24) is 5.32 Å². The van der Waals surface area contributed by atoms with E-state index in [1.165, 1.54) is 14.2 Å². The Morgan fingerprint density at radius 3 is 2.11 bits per heavy atom. The number of carbonyl (C=O) groups is 2. The first-order chi connectivity index (χ1) is 13.0. The molecule has 0 spiro atoms. The van der Waals surface area contributed by atoms with Gasteiger partial charge in [-0.25, -0.2) is 4.79 Å². The van der Waals surface area contributed by atoms with Gasteiger partial charge in [0.05, 0.1) is 20.8 Å². The summed E-state index contributed by atoms with van der Waals surface area (Å²) in [5, 5.41) is 13.1. The minimum absolute atomic E-state index is 0.328. The van der Waals surface area contributed by atoms with E-state index >= 15 is 0 Å². The first-order valence-corrected chi connectivity index (χ1v) is 8.43. The highest BCUT2D eigenvalue weighted by Crippen LogP contribution is 2.21. The quantitative estimate of drug-likeness (QED) is 0.688. The molecule has 0 saturated heterocycles. The Labute approximate surface area is 157 Å². The summed E-state index contributed by atoms with van der Waals surface area (Å²) in [4.78, 5) is 24.6. The monoisotopic (exact) mass is 373 g/mol. The zero-order valence-corrected chi connectivity index (χ0v) is 15.5. The lowest BCUT2D eigenvalue weighted by atomic mass is 10.0. The van der Waals surface area contributed by atoms with Crippen LogP contribution in [0.3, 0.4) is 0 Å². The number of hydrogen-bond acceptors (Lipinski definition) is 6. The van der Waals surface area contributed by atoms with Crippen molar-refractivity contribution in [3.05, 3.63) is 59.7 Å². The van der Waals surface area contributed by atoms with Crippen LogP contribution in [-0.2, 0) is 9.53 Å². The van der Waals surface area contributed by atoms with Gasteiger partial charge in [0.2, 0.25) is 0 Å². The summed E-state index contributed by atoms with van der Waals surface area (Å²) in [6, 6.07) is 11.7. The Morgan fingerprint density at radius 1 is 1.00 bits per heavy atom. The molecule has 0 radical (unpaired) electrons. The van der Waals surface area contributed by atoms with Gasteiger partial charge in [0.1, 0.15) is 17.6 Å². The van der Waals surface area contributed by atoms with Crippen molar-refractivity contribution in [2.45, 2.75) is 19.1 Å². The van der Waals surface area contributed by atoms with Crippen molar-refractivity contribution in [2.24, 2.45) is 0 Å². The van der Waals surface area contributed by atoms with Gasteiger partial charge in [-0.2, -0.15) is 0 Å². The number of hydrogen-bond donors (Lipinski definition) is 2. The van der Waals surface area contributed by atoms with E-state index in [1.807, 2.05) is 6.92 Å². The van der Waals surface area contributed by atoms with Crippen molar-refractivity contribution in [1.29, 1.82) is 0 Å². The molecule has 1 amide bonds. The van der Waals surface area contributed by atoms with Crippen LogP contribution in [0.15, 0.2) is 48.5 Å². The van der Waals surface area contributed by atoms with Crippen molar-refractivity contribution < 1.29 is 28.9 Å². The second-order valence-electron chi connectivity index (χ2n) is 5.65. The van der Waals surface area contributed by atoms with E-state index in [9.17, 15) is 14.7 Å². The van der Waals surface area contributed by atoms with Crippen molar-refractivity contribution in [2.75, 3.05) is 20.8 Å². The smallest absolute Gasteiger partial charge is 0.331 e. The van der Waals surface area contributed by atoms with Crippen molar-refractivity contribution >= 4 is 11.9 Å². The number of amides is 1. The Balaban J connectivity index is 2.17. The third-order valence-corrected chi connectivity index (χ3v) is 3.94. The van der Waals surface area contributed by atoms with Crippen LogP contribution in [0, 0.1) is 0 Å². The number of esters is 1. The molecule has 7 nitrogen and oxygen atoms in total. The fraction of sp³-hybridized carbons (Fsp3) is 0.300. The summed E-state index contributed by atoms with van der Waals surface area (Å²) >= 11 is 0. The van der Waals surface area contributed by atoms with Crippen LogP contribution in [0.25, 0.3) is 0 Å². The molecule has 2 unspecified atom stereocenters. The Kier molecular flexibility index (Phi) is 7.19. The number of rotatable bonds is 8. The molecular weight excluding hydrogens is 350 g/mol. The highest BCUT2D eigenvalue weighted by molar-refractivity contribution is 5.97. The van der Waals surface area contributed by atoms with Crippen LogP contribution in [0.4, 0.5) is 0 Å². The molecular formula is C20H23NO6. The lowest BCUT2D eigenvalue weighted by Crippen LogP contribution is -2.45. The zero-order chi connectivity index (χ0) is 19.8. The van der Waals surface area contributed by atoms with E-state index in [2.05, 4.69) is 5.32 Å². The summed E-state index contributed by atoms with van der Waals surface area (Å²) in [5.41, 5.74) is 0.771. The summed E-state index contributed by atoms with van der Waals surface area (Å²) < 4.78 is 15.1. The highest BCUT2D eigenvalue weighted by atomic mass is 16.5. The maximum atomic E-state index is 12.5. The van der Waals surface area contributed by atoms with Gasteiger partial charge in [0.25, 0.3) is 5.91 Å². The molecule has 0 saturated carbocycles. The molecule has 2 N–H and O–H groups in total. The lowest BCUT2D eigenvalue weighted by Gasteiger charge is -2.22. The second kappa shape index (κ2) is 9.59. The molecule has 144 valence electrons. The van der Waals surface area contributed by atoms with E-state index in [0.717, 1.165) is 0 Å². The predicted molar refractivity (Wildman–Crippen MR) is 98.8 cm³/mol. The number of benzene rings is 2. The normalized spacial score (nSPS) is 12.6. The van der Waals surface area contributed by atoms with Gasteiger partial charge in [0.15, 0.2) is 6.04 Å². The average molecular weight is 373 g/mol. The Morgan fingerprint density at radius 2 is 1.59 bits per heavy atom. The topological polar surface area (TPSA) is 94.1 Å². The molecule has 2 aromatic rings. The maximum Gasteiger partial charge on any atom is 0.331 e. The molecule has 0 heterocycles. The van der Waals surface area contributed by atoms with Crippen LogP contribution >= 0.6 is 0 Å². The van der Waals surface area contributed by atoms with E-state index in [1.54, 1.807) is 48.5 Å². The molecule has 2 aromatic carbocycles. The van der Waals surface area contributed by atoms with Gasteiger partial charge in [0, 0.05) is 5.56 Å². The molecule has 0 aliphatic heterocycles. The summed E-state index contributed by atoms with van der Waals surface area (Å²) in [5.74, 6) is -0.0190. The minimum atomic E-state index is -1.28. The third kappa shape index (κ3) is 5.21. The van der Waals surface area contributed by atoms with E-state index in [0.29, 0.717) is 29.2 Å². The summed E-state index contributed by atoms with van der Waals surface area (Å²) in [6.07, 6.45) is -1.28. The van der Waals surface area contributed by atoms with E-state index in [4.69, 9.17) is 14.2 Å². The Hall–Kier alpha value is -3.06. The standard InChI is InChI=1S/C20H23NO6/c1-4-27-16-11-7-14(8-12-16)19(23)21-17(20(24)26-3)18(22)13-5-9-15(25-2)10-6-13/h5-12,17-18,22H,4H2,1-3H3,(H,21,23). The van der Waals surface area contributed by atoms with Gasteiger partial charge in [-0.15, -0.1) is 0 Å². The highest BCUT2D eigenvalue weighted by Gasteiger charge is 2.31. The second-order valence-corrected chi connectivity index (χ2v) is 5.65. The SMILES string of the molecule is CCOc1ccc(C(=O)NC(C(=O)OC)C(O)c2ccc(OC)cc2)cc1. The van der Waals surface area contributed by atoms with Crippen LogP contribution in [0.1, 0.15) is 28.9 Å². The van der Waals surface area contributed by atoms with E-state index in [-0.39, 0.29) is 0 Å². The largest absolute Gasteiger partial charge is 0.497 e. The maximum absolute atomic E-state index is 12.5. The van der Waals surface area contributed by atoms with Crippen molar-refractivity contribution in [3.63, 3.8) is 0 Å². The van der Waals surface area contributed by atoms with Crippen LogP contribution < -0.4 is 14.8 Å². The van der Waals surface area contributed by atoms with Gasteiger partial charge in [-0.1, -0.05) is 12.1 Å². The van der Waals surface area contributed by atoms with Crippen molar-refractivity contribution in [3.8, 4) is 11.5 Å². The van der Waals surface area contributed by atoms with Gasteiger partial charge in [-0.3, -0.25) is 4.79 Å². The minimum Gasteiger partial charge on any atom is -0.497 e. The molecule has 7 heteroatoms. The molecule has 0 aromatic heterocycles. The number of nitrogens with one attached hydrogen (secondary N) is 1. The number of ether oxygens (including phenoxy) is 3. The van der Waals surface area contributed by atoms with Crippen LogP contribution in [0.5, 0.6) is 11.5 Å². The zero-order valence-electron chi connectivity index (χ0n) is 15.5. The van der Waals surface area contributed by atoms with Crippen LogP contribution in [0.2, 0.25) is 0 Å². The predicted octanol–water partition coefficient (Wildman–Crippen LogP) is 2.10. The van der Waals surface area contributed by atoms with Gasteiger partial charge < -0.3 is 24.6 Å². The molecule has 2 rings (SSSR count). The molecule has 0 bridgehead atoms. The number of carbonyl (C=O) groups excluding carboxylic acids is 2. The fourth-order valence-electron chi connectivity index (χ4n) is 2.48. The Bertz CT molecular complexity index is 757.